The van der Waals surface area contributed by atoms with Crippen molar-refractivity contribution in [2.75, 3.05) is 0 Å². The minimum Gasteiger partial charge on any atom is -0.410 e. The molecule has 19 heavy (non-hydrogen) atoms. The first kappa shape index (κ1) is 14.1. The lowest BCUT2D eigenvalue weighted by molar-refractivity contribution is 0.204. The molecule has 0 aliphatic heterocycles. The number of allylic oxidation sites excluding steroid dienone is 4. The van der Waals surface area contributed by atoms with E-state index in [0.717, 1.165) is 0 Å². The van der Waals surface area contributed by atoms with Gasteiger partial charge in [0.1, 0.15) is 17.5 Å². The van der Waals surface area contributed by atoms with E-state index in [1.165, 1.54) is 18.2 Å². The summed E-state index contributed by atoms with van der Waals surface area (Å²) in [6.45, 7) is 3.53. The first-order valence-corrected chi connectivity index (χ1v) is 5.39. The van der Waals surface area contributed by atoms with E-state index in [0.29, 0.717) is 11.4 Å². The summed E-state index contributed by atoms with van der Waals surface area (Å²) in [5.74, 6) is 0.426. The molecule has 1 aromatic carbocycles. The fourth-order valence-corrected chi connectivity index (χ4v) is 1.12. The molecule has 1 amide bonds. The van der Waals surface area contributed by atoms with E-state index in [-0.39, 0.29) is 5.70 Å². The van der Waals surface area contributed by atoms with Crippen LogP contribution in [0.3, 0.4) is 0 Å². The Kier molecular flexibility index (Phi) is 5.44. The summed E-state index contributed by atoms with van der Waals surface area (Å²) in [5.41, 5.74) is 5.71. The second-order valence-corrected chi connectivity index (χ2v) is 3.39. The van der Waals surface area contributed by atoms with Crippen LogP contribution in [0.1, 0.15) is 0 Å². The van der Waals surface area contributed by atoms with Crippen LogP contribution in [0.15, 0.2) is 66.5 Å². The standard InChI is InChI=1S/C14H13N3O2/c1-2-12(9-8-11(16)10-15)17-14(18)19-13-6-4-3-5-7-13/h2-9H,1,16H2,(H,17,18)/b11-8-,12-9+. The van der Waals surface area contributed by atoms with Crippen molar-refractivity contribution < 1.29 is 9.53 Å². The molecule has 0 heterocycles. The molecule has 0 bridgehead atoms. The highest BCUT2D eigenvalue weighted by atomic mass is 16.6. The zero-order chi connectivity index (χ0) is 14.1. The molecular weight excluding hydrogens is 242 g/mol. The number of nitriles is 1. The molecule has 0 saturated carbocycles. The summed E-state index contributed by atoms with van der Waals surface area (Å²) in [4.78, 5) is 11.6. The number of carbonyl (C=O) groups is 1. The van der Waals surface area contributed by atoms with E-state index in [2.05, 4.69) is 11.9 Å². The lowest BCUT2D eigenvalue weighted by Crippen LogP contribution is -2.25. The summed E-state index contributed by atoms with van der Waals surface area (Å²) in [5, 5.41) is 11.0. The molecule has 0 aliphatic carbocycles. The highest BCUT2D eigenvalue weighted by molar-refractivity contribution is 5.73. The van der Waals surface area contributed by atoms with Crippen molar-refractivity contribution in [2.24, 2.45) is 5.73 Å². The van der Waals surface area contributed by atoms with E-state index in [1.54, 1.807) is 30.3 Å². The highest BCUT2D eigenvalue weighted by Gasteiger charge is 2.04. The van der Waals surface area contributed by atoms with Gasteiger partial charge in [-0.25, -0.2) is 4.79 Å². The largest absolute Gasteiger partial charge is 0.417 e. The first-order valence-electron chi connectivity index (χ1n) is 5.39. The van der Waals surface area contributed by atoms with Gasteiger partial charge in [-0.2, -0.15) is 5.26 Å². The SMILES string of the molecule is C=C/C(=C\C=C(/N)C#N)NC(=O)Oc1ccccc1. The van der Waals surface area contributed by atoms with E-state index < -0.39 is 6.09 Å². The van der Waals surface area contributed by atoms with E-state index in [1.807, 2.05) is 6.07 Å². The van der Waals surface area contributed by atoms with Gasteiger partial charge < -0.3 is 10.5 Å². The number of nitrogens with two attached hydrogens (primary N) is 1. The van der Waals surface area contributed by atoms with Crippen molar-refractivity contribution >= 4 is 6.09 Å². The number of amides is 1. The molecule has 0 spiro atoms. The van der Waals surface area contributed by atoms with Crippen LogP contribution >= 0.6 is 0 Å². The second kappa shape index (κ2) is 7.35. The Morgan fingerprint density at radius 2 is 2.05 bits per heavy atom. The normalized spacial score (nSPS) is 11.3. The Morgan fingerprint density at radius 1 is 1.37 bits per heavy atom. The smallest absolute Gasteiger partial charge is 0.410 e. The average Bonchev–Trinajstić information content (AvgIpc) is 2.44. The quantitative estimate of drug-likeness (QED) is 0.637. The maximum absolute atomic E-state index is 11.6. The molecule has 0 unspecified atom stereocenters. The molecule has 1 aromatic rings. The molecule has 3 N–H and O–H groups in total. The number of hydrogen-bond donors (Lipinski definition) is 2. The molecule has 1 rings (SSSR count). The Morgan fingerprint density at radius 3 is 2.63 bits per heavy atom. The van der Waals surface area contributed by atoms with Gasteiger partial charge in [0, 0.05) is 5.70 Å². The lowest BCUT2D eigenvalue weighted by atomic mass is 10.3. The Balaban J connectivity index is 2.65. The number of rotatable bonds is 4. The van der Waals surface area contributed by atoms with E-state index in [9.17, 15) is 4.79 Å². The van der Waals surface area contributed by atoms with Crippen molar-refractivity contribution in [1.29, 1.82) is 5.26 Å². The number of carbonyl (C=O) groups excluding carboxylic acids is 1. The number of nitrogens with zero attached hydrogens (tertiary/aromatic N) is 1. The van der Waals surface area contributed by atoms with Crippen molar-refractivity contribution in [3.63, 3.8) is 0 Å². The fraction of sp³-hybridized carbons (Fsp3) is 0. The molecule has 0 radical (unpaired) electrons. The number of hydrogen-bond acceptors (Lipinski definition) is 4. The van der Waals surface area contributed by atoms with Gasteiger partial charge in [0.15, 0.2) is 0 Å². The summed E-state index contributed by atoms with van der Waals surface area (Å²) >= 11 is 0. The Hall–Kier alpha value is -3.00. The van der Waals surface area contributed by atoms with Crippen molar-refractivity contribution in [3.05, 3.63) is 66.5 Å². The highest BCUT2D eigenvalue weighted by Crippen LogP contribution is 2.08. The van der Waals surface area contributed by atoms with Gasteiger partial charge in [0.2, 0.25) is 0 Å². The molecule has 0 fully saturated rings. The molecule has 0 aliphatic rings. The summed E-state index contributed by atoms with van der Waals surface area (Å²) < 4.78 is 5.02. The van der Waals surface area contributed by atoms with Crippen LogP contribution in [0.2, 0.25) is 0 Å². The summed E-state index contributed by atoms with van der Waals surface area (Å²) in [6.07, 6.45) is 3.58. The molecule has 96 valence electrons. The average molecular weight is 255 g/mol. The number of ether oxygens (including phenoxy) is 1. The van der Waals surface area contributed by atoms with Gasteiger partial charge in [-0.05, 0) is 30.4 Å². The third-order valence-electron chi connectivity index (χ3n) is 1.99. The fourth-order valence-electron chi connectivity index (χ4n) is 1.12. The van der Waals surface area contributed by atoms with Crippen molar-refractivity contribution in [1.82, 2.24) is 5.32 Å². The van der Waals surface area contributed by atoms with Crippen LogP contribution in [0.25, 0.3) is 0 Å². The maximum atomic E-state index is 11.6. The van der Waals surface area contributed by atoms with E-state index >= 15 is 0 Å². The van der Waals surface area contributed by atoms with Gasteiger partial charge in [-0.3, -0.25) is 5.32 Å². The van der Waals surface area contributed by atoms with Gasteiger partial charge in [0.05, 0.1) is 0 Å². The van der Waals surface area contributed by atoms with Gasteiger partial charge >= 0.3 is 6.09 Å². The zero-order valence-corrected chi connectivity index (χ0v) is 10.2. The molecular formula is C14H13N3O2. The summed E-state index contributed by atoms with van der Waals surface area (Å²) in [6, 6.07) is 10.4. The van der Waals surface area contributed by atoms with E-state index in [4.69, 9.17) is 15.7 Å². The zero-order valence-electron chi connectivity index (χ0n) is 10.2. The molecule has 0 saturated heterocycles. The number of nitrogens with one attached hydrogen (secondary N) is 1. The number of para-hydroxylation sites is 1. The van der Waals surface area contributed by atoms with Crippen LogP contribution in [-0.2, 0) is 0 Å². The van der Waals surface area contributed by atoms with Gasteiger partial charge in [-0.1, -0.05) is 24.8 Å². The second-order valence-electron chi connectivity index (χ2n) is 3.39. The van der Waals surface area contributed by atoms with Crippen LogP contribution in [0.4, 0.5) is 4.79 Å². The van der Waals surface area contributed by atoms with Crippen molar-refractivity contribution in [2.45, 2.75) is 0 Å². The Labute approximate surface area is 111 Å². The first-order chi connectivity index (χ1) is 9.15. The molecule has 5 nitrogen and oxygen atoms in total. The topological polar surface area (TPSA) is 88.1 Å². The molecule has 0 aromatic heterocycles. The third-order valence-corrected chi connectivity index (χ3v) is 1.99. The molecule has 0 atom stereocenters. The van der Waals surface area contributed by atoms with Crippen LogP contribution in [0, 0.1) is 11.3 Å². The van der Waals surface area contributed by atoms with Gasteiger partial charge in [0.25, 0.3) is 0 Å². The molecule has 5 heteroatoms. The lowest BCUT2D eigenvalue weighted by Gasteiger charge is -2.06. The predicted octanol–water partition coefficient (Wildman–Crippen LogP) is 2.21. The minimum atomic E-state index is -0.652. The number of benzene rings is 1. The maximum Gasteiger partial charge on any atom is 0.417 e. The van der Waals surface area contributed by atoms with Crippen LogP contribution < -0.4 is 15.8 Å². The van der Waals surface area contributed by atoms with Gasteiger partial charge in [-0.15, -0.1) is 0 Å². The van der Waals surface area contributed by atoms with Crippen LogP contribution in [-0.4, -0.2) is 6.09 Å². The third kappa shape index (κ3) is 5.24. The van der Waals surface area contributed by atoms with Crippen LogP contribution in [0.5, 0.6) is 5.75 Å². The van der Waals surface area contributed by atoms with Crippen molar-refractivity contribution in [3.8, 4) is 11.8 Å². The Bertz CT molecular complexity index is 554. The predicted molar refractivity (Wildman–Crippen MR) is 71.8 cm³/mol. The monoisotopic (exact) mass is 255 g/mol. The minimum absolute atomic E-state index is 0.0255. The summed E-state index contributed by atoms with van der Waals surface area (Å²) in [7, 11) is 0.